The number of unbranched alkanes of at least 4 members (excludes halogenated alkanes) is 1. The molecule has 1 aliphatic heterocycles. The summed E-state index contributed by atoms with van der Waals surface area (Å²) in [6.45, 7) is 3.86. The van der Waals surface area contributed by atoms with E-state index < -0.39 is 10.0 Å². The summed E-state index contributed by atoms with van der Waals surface area (Å²) >= 11 is 0. The SMILES string of the molecule is CCCCOCCCNC(=O)CN=C1NS(=O)(=O)c2ccccc21. The largest absolute Gasteiger partial charge is 0.381 e. The van der Waals surface area contributed by atoms with Crippen LogP contribution in [0.15, 0.2) is 34.2 Å². The van der Waals surface area contributed by atoms with Crippen LogP contribution in [0.4, 0.5) is 0 Å². The molecule has 24 heavy (non-hydrogen) atoms. The molecule has 0 spiro atoms. The summed E-state index contributed by atoms with van der Waals surface area (Å²) in [7, 11) is -3.56. The second-order valence-electron chi connectivity index (χ2n) is 5.44. The van der Waals surface area contributed by atoms with E-state index in [1.807, 2.05) is 0 Å². The smallest absolute Gasteiger partial charge is 0.263 e. The first-order valence-corrected chi connectivity index (χ1v) is 9.54. The van der Waals surface area contributed by atoms with E-state index in [2.05, 4.69) is 22.0 Å². The maximum absolute atomic E-state index is 11.9. The normalized spacial score (nSPS) is 16.6. The molecule has 0 saturated heterocycles. The van der Waals surface area contributed by atoms with Crippen LogP contribution in [0.5, 0.6) is 0 Å². The second kappa shape index (κ2) is 8.79. The molecule has 0 radical (unpaired) electrons. The highest BCUT2D eigenvalue weighted by Crippen LogP contribution is 2.21. The number of hydrogen-bond acceptors (Lipinski definition) is 5. The fourth-order valence-electron chi connectivity index (χ4n) is 2.21. The minimum absolute atomic E-state index is 0.122. The number of carbonyl (C=O) groups excluding carboxylic acids is 1. The van der Waals surface area contributed by atoms with Crippen LogP contribution in [0.3, 0.4) is 0 Å². The van der Waals surface area contributed by atoms with Gasteiger partial charge in [-0.15, -0.1) is 0 Å². The highest BCUT2D eigenvalue weighted by molar-refractivity contribution is 7.90. The van der Waals surface area contributed by atoms with Gasteiger partial charge in [0.25, 0.3) is 10.0 Å². The molecule has 2 rings (SSSR count). The van der Waals surface area contributed by atoms with Gasteiger partial charge < -0.3 is 10.1 Å². The number of hydrogen-bond donors (Lipinski definition) is 2. The predicted octanol–water partition coefficient (Wildman–Crippen LogP) is 1.05. The molecule has 0 aliphatic carbocycles. The third kappa shape index (κ3) is 5.04. The summed E-state index contributed by atoms with van der Waals surface area (Å²) in [5, 5.41) is 2.74. The van der Waals surface area contributed by atoms with Gasteiger partial charge in [0.15, 0.2) is 0 Å². The lowest BCUT2D eigenvalue weighted by Gasteiger charge is -2.05. The Morgan fingerprint density at radius 1 is 1.25 bits per heavy atom. The first-order valence-electron chi connectivity index (χ1n) is 8.05. The summed E-state index contributed by atoms with van der Waals surface area (Å²) in [4.78, 5) is 16.0. The molecule has 0 atom stereocenters. The van der Waals surface area contributed by atoms with Gasteiger partial charge in [-0.3, -0.25) is 14.5 Å². The summed E-state index contributed by atoms with van der Waals surface area (Å²) in [6.07, 6.45) is 2.88. The number of fused-ring (bicyclic) bond motifs is 1. The lowest BCUT2D eigenvalue weighted by Crippen LogP contribution is -2.29. The number of rotatable bonds is 9. The molecule has 0 fully saturated rings. The van der Waals surface area contributed by atoms with E-state index in [-0.39, 0.29) is 23.2 Å². The molecule has 1 heterocycles. The van der Waals surface area contributed by atoms with Gasteiger partial charge in [0.05, 0.1) is 4.90 Å². The third-order valence-electron chi connectivity index (χ3n) is 3.47. The zero-order chi connectivity index (χ0) is 17.4. The van der Waals surface area contributed by atoms with E-state index in [4.69, 9.17) is 4.74 Å². The minimum atomic E-state index is -3.56. The molecule has 1 aliphatic rings. The van der Waals surface area contributed by atoms with Crippen molar-refractivity contribution in [1.29, 1.82) is 0 Å². The first kappa shape index (κ1) is 18.4. The lowest BCUT2D eigenvalue weighted by molar-refractivity contribution is -0.119. The van der Waals surface area contributed by atoms with Gasteiger partial charge in [-0.2, -0.15) is 0 Å². The van der Waals surface area contributed by atoms with Crippen molar-refractivity contribution in [3.05, 3.63) is 29.8 Å². The molecule has 8 heteroatoms. The van der Waals surface area contributed by atoms with Gasteiger partial charge >= 0.3 is 0 Å². The molecule has 2 N–H and O–H groups in total. The van der Waals surface area contributed by atoms with Crippen LogP contribution >= 0.6 is 0 Å². The number of benzene rings is 1. The highest BCUT2D eigenvalue weighted by Gasteiger charge is 2.30. The average Bonchev–Trinajstić information content (AvgIpc) is 2.83. The Morgan fingerprint density at radius 3 is 2.79 bits per heavy atom. The summed E-state index contributed by atoms with van der Waals surface area (Å²) in [5.74, 6) is -0.0386. The van der Waals surface area contributed by atoms with Crippen molar-refractivity contribution in [2.45, 2.75) is 31.1 Å². The standard InChI is InChI=1S/C16H23N3O4S/c1-2-3-10-23-11-6-9-17-15(20)12-18-16-13-7-4-5-8-14(13)24(21,22)19-16/h4-5,7-8H,2-3,6,9-12H2,1H3,(H,17,20)(H,18,19). The number of amides is 1. The zero-order valence-electron chi connectivity index (χ0n) is 13.7. The number of aliphatic imine (C=N–C) groups is 1. The van der Waals surface area contributed by atoms with Crippen LogP contribution in [-0.2, 0) is 19.6 Å². The molecular formula is C16H23N3O4S. The average molecular weight is 353 g/mol. The molecule has 0 unspecified atom stereocenters. The van der Waals surface area contributed by atoms with Crippen LogP contribution in [0.2, 0.25) is 0 Å². The monoisotopic (exact) mass is 353 g/mol. The Kier molecular flexibility index (Phi) is 6.74. The van der Waals surface area contributed by atoms with Crippen molar-refractivity contribution in [1.82, 2.24) is 10.0 Å². The fraction of sp³-hybridized carbons (Fsp3) is 0.500. The Balaban J connectivity index is 1.77. The molecule has 0 saturated carbocycles. The van der Waals surface area contributed by atoms with Crippen molar-refractivity contribution in [3.8, 4) is 0 Å². The summed E-state index contributed by atoms with van der Waals surface area (Å²) in [6, 6.07) is 6.56. The number of ether oxygens (including phenoxy) is 1. The highest BCUT2D eigenvalue weighted by atomic mass is 32.2. The number of nitrogens with one attached hydrogen (secondary N) is 2. The lowest BCUT2D eigenvalue weighted by atomic mass is 10.2. The number of carbonyl (C=O) groups is 1. The number of sulfonamides is 1. The van der Waals surface area contributed by atoms with Crippen molar-refractivity contribution >= 4 is 21.8 Å². The van der Waals surface area contributed by atoms with E-state index in [1.165, 1.54) is 6.07 Å². The molecule has 1 aromatic carbocycles. The van der Waals surface area contributed by atoms with Gasteiger partial charge in [-0.1, -0.05) is 25.5 Å². The van der Waals surface area contributed by atoms with E-state index >= 15 is 0 Å². The van der Waals surface area contributed by atoms with E-state index in [9.17, 15) is 13.2 Å². The predicted molar refractivity (Wildman–Crippen MR) is 91.5 cm³/mol. The third-order valence-corrected chi connectivity index (χ3v) is 4.87. The molecule has 0 bridgehead atoms. The number of nitrogens with zero attached hydrogens (tertiary/aromatic N) is 1. The molecule has 0 aromatic heterocycles. The van der Waals surface area contributed by atoms with Crippen molar-refractivity contribution in [3.63, 3.8) is 0 Å². The topological polar surface area (TPSA) is 96.9 Å². The quantitative estimate of drug-likeness (QED) is 0.649. The molecule has 7 nitrogen and oxygen atoms in total. The number of amidine groups is 1. The van der Waals surface area contributed by atoms with Crippen LogP contribution in [0.1, 0.15) is 31.7 Å². The maximum atomic E-state index is 11.9. The van der Waals surface area contributed by atoms with Gasteiger partial charge in [-0.05, 0) is 25.0 Å². The van der Waals surface area contributed by atoms with Gasteiger partial charge in [0, 0.05) is 25.3 Å². The van der Waals surface area contributed by atoms with Crippen LogP contribution in [0, 0.1) is 0 Å². The van der Waals surface area contributed by atoms with E-state index in [0.29, 0.717) is 18.7 Å². The molecule has 1 amide bonds. The Hall–Kier alpha value is -1.93. The van der Waals surface area contributed by atoms with Crippen molar-refractivity contribution < 1.29 is 17.9 Å². The first-order chi connectivity index (χ1) is 11.5. The van der Waals surface area contributed by atoms with Crippen LogP contribution < -0.4 is 10.0 Å². The minimum Gasteiger partial charge on any atom is -0.381 e. The van der Waals surface area contributed by atoms with Crippen molar-refractivity contribution in [2.75, 3.05) is 26.3 Å². The summed E-state index contributed by atoms with van der Waals surface area (Å²) < 4.78 is 31.6. The maximum Gasteiger partial charge on any atom is 0.263 e. The van der Waals surface area contributed by atoms with Gasteiger partial charge in [0.1, 0.15) is 12.4 Å². The van der Waals surface area contributed by atoms with Crippen molar-refractivity contribution in [2.24, 2.45) is 4.99 Å². The van der Waals surface area contributed by atoms with Gasteiger partial charge in [-0.25, -0.2) is 8.42 Å². The zero-order valence-corrected chi connectivity index (χ0v) is 14.6. The second-order valence-corrected chi connectivity index (χ2v) is 7.09. The Labute approximate surface area is 142 Å². The van der Waals surface area contributed by atoms with Crippen LogP contribution in [0.25, 0.3) is 0 Å². The molecule has 132 valence electrons. The van der Waals surface area contributed by atoms with Gasteiger partial charge in [0.2, 0.25) is 5.91 Å². The van der Waals surface area contributed by atoms with E-state index in [1.54, 1.807) is 18.2 Å². The Bertz CT molecular complexity index is 701. The summed E-state index contributed by atoms with van der Waals surface area (Å²) in [5.41, 5.74) is 0.495. The fourth-order valence-corrected chi connectivity index (χ4v) is 3.46. The van der Waals surface area contributed by atoms with E-state index in [0.717, 1.165) is 25.9 Å². The Morgan fingerprint density at radius 2 is 2.00 bits per heavy atom. The van der Waals surface area contributed by atoms with Crippen LogP contribution in [-0.4, -0.2) is 46.5 Å². The molecule has 1 aromatic rings. The molecular weight excluding hydrogens is 330 g/mol.